The zero-order chi connectivity index (χ0) is 41.4. The molecule has 0 spiro atoms. The molecule has 294 valence electrons. The molecule has 6 heteroatoms. The normalized spacial score (nSPS) is 11.8. The van der Waals surface area contributed by atoms with Gasteiger partial charge in [0.1, 0.15) is 0 Å². The third-order valence-electron chi connectivity index (χ3n) is 12.4. The van der Waals surface area contributed by atoms with Crippen molar-refractivity contribution in [2.75, 3.05) is 0 Å². The lowest BCUT2D eigenvalue weighted by Crippen LogP contribution is -2.02. The van der Waals surface area contributed by atoms with Gasteiger partial charge in [0, 0.05) is 65.1 Å². The predicted molar refractivity (Wildman–Crippen MR) is 263 cm³/mol. The highest BCUT2D eigenvalue weighted by Gasteiger charge is 2.22. The van der Waals surface area contributed by atoms with E-state index in [-0.39, 0.29) is 0 Å². The summed E-state index contributed by atoms with van der Waals surface area (Å²) in [5, 5.41) is 7.38. The molecule has 0 aliphatic carbocycles. The lowest BCUT2D eigenvalue weighted by atomic mass is 9.96. The average molecular weight is 822 g/mol. The van der Waals surface area contributed by atoms with Gasteiger partial charge < -0.3 is 9.13 Å². The van der Waals surface area contributed by atoms with E-state index < -0.39 is 0 Å². The second kappa shape index (κ2) is 14.2. The number of fused-ring (bicyclic) bond motifs is 10. The van der Waals surface area contributed by atoms with Gasteiger partial charge in [0.2, 0.25) is 0 Å². The van der Waals surface area contributed by atoms with E-state index in [0.29, 0.717) is 17.5 Å². The molecule has 4 heterocycles. The molecule has 0 saturated carbocycles. The van der Waals surface area contributed by atoms with Gasteiger partial charge in [-0.2, -0.15) is 0 Å². The van der Waals surface area contributed by atoms with E-state index in [2.05, 4.69) is 185 Å². The molecule has 4 aromatic heterocycles. The number of rotatable bonds is 6. The Morgan fingerprint density at radius 3 is 1.59 bits per heavy atom. The molecule has 0 radical (unpaired) electrons. The van der Waals surface area contributed by atoms with Gasteiger partial charge >= 0.3 is 0 Å². The van der Waals surface area contributed by atoms with Gasteiger partial charge in [-0.05, 0) is 65.7 Å². The van der Waals surface area contributed by atoms with E-state index in [0.717, 1.165) is 50.2 Å². The predicted octanol–water partition coefficient (Wildman–Crippen LogP) is 15.1. The largest absolute Gasteiger partial charge is 0.309 e. The molecule has 9 aromatic carbocycles. The summed E-state index contributed by atoms with van der Waals surface area (Å²) in [4.78, 5) is 15.8. The first kappa shape index (κ1) is 35.6. The van der Waals surface area contributed by atoms with E-state index in [1.165, 1.54) is 52.8 Å². The van der Waals surface area contributed by atoms with Crippen LogP contribution in [0.4, 0.5) is 0 Å². The third kappa shape index (κ3) is 5.66. The fourth-order valence-corrected chi connectivity index (χ4v) is 10.8. The monoisotopic (exact) mass is 821 g/mol. The summed E-state index contributed by atoms with van der Waals surface area (Å²) >= 11 is 1.86. The van der Waals surface area contributed by atoms with Crippen LogP contribution in [0.5, 0.6) is 0 Å². The first-order valence-electron chi connectivity index (χ1n) is 21.2. The van der Waals surface area contributed by atoms with Crippen LogP contribution >= 0.6 is 11.3 Å². The molecule has 13 aromatic rings. The van der Waals surface area contributed by atoms with E-state index in [1.807, 2.05) is 47.7 Å². The Labute approximate surface area is 366 Å². The highest BCUT2D eigenvalue weighted by Crippen LogP contribution is 2.45. The molecular weight excluding hydrogens is 787 g/mol. The number of benzene rings is 9. The molecule has 0 fully saturated rings. The molecule has 0 bridgehead atoms. The van der Waals surface area contributed by atoms with Gasteiger partial charge in [-0.3, -0.25) is 0 Å². The van der Waals surface area contributed by atoms with Crippen molar-refractivity contribution < 1.29 is 0 Å². The molecule has 0 atom stereocenters. The van der Waals surface area contributed by atoms with Crippen molar-refractivity contribution in [3.63, 3.8) is 0 Å². The molecule has 0 unspecified atom stereocenters. The second-order valence-corrected chi connectivity index (χ2v) is 17.0. The average Bonchev–Trinajstić information content (AvgIpc) is 4.02. The SMILES string of the molecule is c1ccc(-c2nc(-c3ccccc3)nc(-c3cc(-n4c5ccccc5c5ccc6c7ccccc7sc6c54)ccc3-c3ccc4c(c3)c3ccccc3n4-c3ccccc3)n2)cc1. The maximum absolute atomic E-state index is 5.33. The number of hydrogen-bond donors (Lipinski definition) is 0. The van der Waals surface area contributed by atoms with E-state index in [9.17, 15) is 0 Å². The van der Waals surface area contributed by atoms with Gasteiger partial charge in [-0.1, -0.05) is 158 Å². The molecule has 0 saturated heterocycles. The minimum Gasteiger partial charge on any atom is -0.309 e. The van der Waals surface area contributed by atoms with E-state index >= 15 is 0 Å². The highest BCUT2D eigenvalue weighted by molar-refractivity contribution is 7.26. The van der Waals surface area contributed by atoms with Crippen molar-refractivity contribution in [3.8, 4) is 56.7 Å². The van der Waals surface area contributed by atoms with Crippen molar-refractivity contribution in [1.82, 2.24) is 24.1 Å². The minimum atomic E-state index is 0.610. The molecule has 13 rings (SSSR count). The van der Waals surface area contributed by atoms with Crippen LogP contribution in [-0.4, -0.2) is 24.1 Å². The Bertz CT molecular complexity index is 3850. The lowest BCUT2D eigenvalue weighted by Gasteiger charge is -2.16. The van der Waals surface area contributed by atoms with Crippen LogP contribution in [0.2, 0.25) is 0 Å². The van der Waals surface area contributed by atoms with Crippen LogP contribution in [0.15, 0.2) is 212 Å². The van der Waals surface area contributed by atoms with Crippen molar-refractivity contribution >= 4 is 75.1 Å². The Morgan fingerprint density at radius 1 is 0.317 bits per heavy atom. The Balaban J connectivity index is 1.11. The summed E-state index contributed by atoms with van der Waals surface area (Å²) in [5.74, 6) is 1.86. The van der Waals surface area contributed by atoms with Crippen molar-refractivity contribution in [2.45, 2.75) is 0 Å². The quantitative estimate of drug-likeness (QED) is 0.168. The van der Waals surface area contributed by atoms with Crippen molar-refractivity contribution in [1.29, 1.82) is 0 Å². The molecule has 0 aliphatic heterocycles. The first-order chi connectivity index (χ1) is 31.2. The van der Waals surface area contributed by atoms with Crippen LogP contribution in [-0.2, 0) is 0 Å². The number of hydrogen-bond acceptors (Lipinski definition) is 4. The summed E-state index contributed by atoms with van der Waals surface area (Å²) in [5.41, 5.74) is 11.7. The van der Waals surface area contributed by atoms with Gasteiger partial charge in [-0.15, -0.1) is 11.3 Å². The maximum atomic E-state index is 5.33. The molecule has 5 nitrogen and oxygen atoms in total. The standard InChI is InChI=1S/C57H35N5S/c1-4-16-36(17-5-1)55-58-56(37-18-6-2-7-19-37)60-57(59-55)48-35-40(62-50-26-14-10-22-42(50)45-31-32-46-44-24-12-15-27-52(44)63-54(46)53(45)62)29-30-41(48)38-28-33-51-47(34-38)43-23-11-13-25-49(43)61(51)39-20-8-3-9-21-39/h1-35H. The summed E-state index contributed by atoms with van der Waals surface area (Å²) in [6, 6.07) is 75.5. The van der Waals surface area contributed by atoms with Crippen LogP contribution in [0.25, 0.3) is 120 Å². The van der Waals surface area contributed by atoms with Crippen LogP contribution in [0.1, 0.15) is 0 Å². The van der Waals surface area contributed by atoms with Crippen molar-refractivity contribution in [2.24, 2.45) is 0 Å². The first-order valence-corrected chi connectivity index (χ1v) is 22.0. The maximum Gasteiger partial charge on any atom is 0.164 e. The summed E-state index contributed by atoms with van der Waals surface area (Å²) in [6.07, 6.45) is 0. The van der Waals surface area contributed by atoms with E-state index in [1.54, 1.807) is 0 Å². The molecule has 0 aliphatic rings. The summed E-state index contributed by atoms with van der Waals surface area (Å²) in [6.45, 7) is 0. The Kier molecular flexibility index (Phi) is 8.01. The van der Waals surface area contributed by atoms with Crippen LogP contribution < -0.4 is 0 Å². The number of aromatic nitrogens is 5. The lowest BCUT2D eigenvalue weighted by molar-refractivity contribution is 1.07. The minimum absolute atomic E-state index is 0.610. The molecular formula is C57H35N5S. The Morgan fingerprint density at radius 2 is 0.873 bits per heavy atom. The van der Waals surface area contributed by atoms with Crippen LogP contribution in [0.3, 0.4) is 0 Å². The second-order valence-electron chi connectivity index (χ2n) is 16.0. The Hall–Kier alpha value is -8.19. The molecule has 0 N–H and O–H groups in total. The highest BCUT2D eigenvalue weighted by atomic mass is 32.1. The topological polar surface area (TPSA) is 48.5 Å². The number of thiophene rings is 1. The number of para-hydroxylation sites is 3. The smallest absolute Gasteiger partial charge is 0.164 e. The van der Waals surface area contributed by atoms with Gasteiger partial charge in [0.05, 0.1) is 26.8 Å². The third-order valence-corrected chi connectivity index (χ3v) is 13.6. The number of nitrogens with zero attached hydrogens (tertiary/aromatic N) is 5. The fraction of sp³-hybridized carbons (Fsp3) is 0. The summed E-state index contributed by atoms with van der Waals surface area (Å²) < 4.78 is 7.36. The van der Waals surface area contributed by atoms with Crippen LogP contribution in [0, 0.1) is 0 Å². The van der Waals surface area contributed by atoms with Crippen molar-refractivity contribution in [3.05, 3.63) is 212 Å². The summed E-state index contributed by atoms with van der Waals surface area (Å²) in [7, 11) is 0. The fourth-order valence-electron chi connectivity index (χ4n) is 9.53. The molecule has 0 amide bonds. The zero-order valence-corrected chi connectivity index (χ0v) is 34.7. The van der Waals surface area contributed by atoms with Gasteiger partial charge in [0.25, 0.3) is 0 Å². The molecule has 63 heavy (non-hydrogen) atoms. The van der Waals surface area contributed by atoms with Gasteiger partial charge in [-0.25, -0.2) is 15.0 Å². The van der Waals surface area contributed by atoms with E-state index in [4.69, 9.17) is 15.0 Å². The van der Waals surface area contributed by atoms with Gasteiger partial charge in [0.15, 0.2) is 17.5 Å². The zero-order valence-electron chi connectivity index (χ0n) is 33.9.